The van der Waals surface area contributed by atoms with Gasteiger partial charge in [0.15, 0.2) is 0 Å². The van der Waals surface area contributed by atoms with Crippen molar-refractivity contribution in [1.29, 1.82) is 0 Å². The first-order valence-electron chi connectivity index (χ1n) is 7.77. The van der Waals surface area contributed by atoms with Gasteiger partial charge in [-0.15, -0.1) is 0 Å². The monoisotopic (exact) mass is 312 g/mol. The SMILES string of the molecule is CCCCCNS(=O)(=O)c1ccc(CCNC(C)C)cc1. The highest BCUT2D eigenvalue weighted by Gasteiger charge is 2.12. The first-order valence-corrected chi connectivity index (χ1v) is 9.26. The van der Waals surface area contributed by atoms with Gasteiger partial charge in [-0.2, -0.15) is 0 Å². The van der Waals surface area contributed by atoms with Crippen LogP contribution in [0, 0.1) is 0 Å². The van der Waals surface area contributed by atoms with Crippen molar-refractivity contribution in [3.05, 3.63) is 29.8 Å². The first-order chi connectivity index (χ1) is 9.95. The van der Waals surface area contributed by atoms with Crippen LogP contribution in [0.2, 0.25) is 0 Å². The van der Waals surface area contributed by atoms with Gasteiger partial charge in [-0.1, -0.05) is 45.7 Å². The van der Waals surface area contributed by atoms with Crippen LogP contribution in [-0.2, 0) is 16.4 Å². The molecule has 0 atom stereocenters. The lowest BCUT2D eigenvalue weighted by Crippen LogP contribution is -2.25. The number of rotatable bonds is 10. The van der Waals surface area contributed by atoms with Gasteiger partial charge >= 0.3 is 0 Å². The van der Waals surface area contributed by atoms with E-state index < -0.39 is 10.0 Å². The molecule has 0 fully saturated rings. The highest BCUT2D eigenvalue weighted by molar-refractivity contribution is 7.89. The predicted molar refractivity (Wildman–Crippen MR) is 88.0 cm³/mol. The van der Waals surface area contributed by atoms with E-state index in [0.29, 0.717) is 17.5 Å². The normalized spacial score (nSPS) is 12.0. The molecule has 4 nitrogen and oxygen atoms in total. The Hall–Kier alpha value is -0.910. The van der Waals surface area contributed by atoms with Crippen LogP contribution in [0.15, 0.2) is 29.2 Å². The number of hydrogen-bond donors (Lipinski definition) is 2. The van der Waals surface area contributed by atoms with E-state index in [0.717, 1.165) is 37.8 Å². The van der Waals surface area contributed by atoms with E-state index in [-0.39, 0.29) is 0 Å². The van der Waals surface area contributed by atoms with Crippen molar-refractivity contribution in [2.45, 2.75) is 57.4 Å². The highest BCUT2D eigenvalue weighted by atomic mass is 32.2. The predicted octanol–water partition coefficient (Wildman–Crippen LogP) is 2.70. The Balaban J connectivity index is 2.52. The van der Waals surface area contributed by atoms with E-state index in [2.05, 4.69) is 30.8 Å². The molecule has 0 aromatic heterocycles. The summed E-state index contributed by atoms with van der Waals surface area (Å²) in [6.45, 7) is 7.73. The van der Waals surface area contributed by atoms with Gasteiger partial charge in [0.05, 0.1) is 4.90 Å². The molecule has 0 saturated carbocycles. The molecule has 0 unspecified atom stereocenters. The number of benzene rings is 1. The van der Waals surface area contributed by atoms with Crippen LogP contribution < -0.4 is 10.0 Å². The first kappa shape index (κ1) is 18.1. The van der Waals surface area contributed by atoms with Crippen LogP contribution in [0.3, 0.4) is 0 Å². The summed E-state index contributed by atoms with van der Waals surface area (Å²) in [4.78, 5) is 0.347. The topological polar surface area (TPSA) is 58.2 Å². The summed E-state index contributed by atoms with van der Waals surface area (Å²) in [6.07, 6.45) is 3.92. The van der Waals surface area contributed by atoms with Gasteiger partial charge in [0, 0.05) is 12.6 Å². The Labute approximate surface area is 129 Å². The van der Waals surface area contributed by atoms with E-state index in [1.807, 2.05) is 12.1 Å². The summed E-state index contributed by atoms with van der Waals surface area (Å²) >= 11 is 0. The second-order valence-corrected chi connectivity index (χ2v) is 7.37. The van der Waals surface area contributed by atoms with Crippen molar-refractivity contribution >= 4 is 10.0 Å². The third-order valence-corrected chi connectivity index (χ3v) is 4.75. The number of unbranched alkanes of at least 4 members (excludes halogenated alkanes) is 2. The average Bonchev–Trinajstić information content (AvgIpc) is 2.44. The fourth-order valence-electron chi connectivity index (χ4n) is 2.01. The summed E-state index contributed by atoms with van der Waals surface area (Å²) in [5.41, 5.74) is 1.15. The van der Waals surface area contributed by atoms with Crippen LogP contribution in [0.5, 0.6) is 0 Å². The molecule has 5 heteroatoms. The Kier molecular flexibility index (Phi) is 7.93. The van der Waals surface area contributed by atoms with E-state index in [1.54, 1.807) is 12.1 Å². The lowest BCUT2D eigenvalue weighted by atomic mass is 10.1. The molecule has 0 aliphatic carbocycles. The minimum absolute atomic E-state index is 0.347. The third kappa shape index (κ3) is 7.07. The fraction of sp³-hybridized carbons (Fsp3) is 0.625. The zero-order chi connectivity index (χ0) is 15.7. The fourth-order valence-corrected chi connectivity index (χ4v) is 3.08. The third-order valence-electron chi connectivity index (χ3n) is 3.27. The quantitative estimate of drug-likeness (QED) is 0.653. The summed E-state index contributed by atoms with van der Waals surface area (Å²) in [6, 6.07) is 7.63. The van der Waals surface area contributed by atoms with Gasteiger partial charge in [-0.3, -0.25) is 0 Å². The van der Waals surface area contributed by atoms with Crippen LogP contribution >= 0.6 is 0 Å². The Morgan fingerprint density at radius 2 is 1.71 bits per heavy atom. The molecule has 0 saturated heterocycles. The van der Waals surface area contributed by atoms with Crippen molar-refractivity contribution in [1.82, 2.24) is 10.0 Å². The second-order valence-electron chi connectivity index (χ2n) is 5.61. The van der Waals surface area contributed by atoms with E-state index in [1.165, 1.54) is 0 Å². The Morgan fingerprint density at radius 3 is 2.29 bits per heavy atom. The van der Waals surface area contributed by atoms with Crippen LogP contribution in [0.4, 0.5) is 0 Å². The van der Waals surface area contributed by atoms with Gasteiger partial charge in [0.25, 0.3) is 0 Å². The van der Waals surface area contributed by atoms with E-state index in [4.69, 9.17) is 0 Å². The van der Waals surface area contributed by atoms with Gasteiger partial charge < -0.3 is 5.32 Å². The molecule has 0 radical (unpaired) electrons. The molecule has 21 heavy (non-hydrogen) atoms. The molecular formula is C16H28N2O2S. The van der Waals surface area contributed by atoms with Crippen LogP contribution in [0.1, 0.15) is 45.6 Å². The van der Waals surface area contributed by atoms with Crippen LogP contribution in [0.25, 0.3) is 0 Å². The summed E-state index contributed by atoms with van der Waals surface area (Å²) in [5.74, 6) is 0. The molecule has 0 spiro atoms. The Morgan fingerprint density at radius 1 is 1.05 bits per heavy atom. The molecule has 0 aliphatic heterocycles. The van der Waals surface area contributed by atoms with Crippen molar-refractivity contribution in [2.24, 2.45) is 0 Å². The molecule has 120 valence electrons. The summed E-state index contributed by atoms with van der Waals surface area (Å²) < 4.78 is 26.8. The second kappa shape index (κ2) is 9.18. The largest absolute Gasteiger partial charge is 0.314 e. The molecule has 2 N–H and O–H groups in total. The molecule has 0 bridgehead atoms. The molecular weight excluding hydrogens is 284 g/mol. The zero-order valence-electron chi connectivity index (χ0n) is 13.4. The lowest BCUT2D eigenvalue weighted by Gasteiger charge is -2.09. The lowest BCUT2D eigenvalue weighted by molar-refractivity contribution is 0.576. The minimum Gasteiger partial charge on any atom is -0.314 e. The van der Waals surface area contributed by atoms with Crippen molar-refractivity contribution < 1.29 is 8.42 Å². The van der Waals surface area contributed by atoms with Crippen molar-refractivity contribution in [2.75, 3.05) is 13.1 Å². The zero-order valence-corrected chi connectivity index (χ0v) is 14.2. The van der Waals surface area contributed by atoms with Gasteiger partial charge in [-0.05, 0) is 37.1 Å². The number of sulfonamides is 1. The van der Waals surface area contributed by atoms with Gasteiger partial charge in [0.2, 0.25) is 10.0 Å². The maximum absolute atomic E-state index is 12.1. The Bertz CT molecular complexity index is 496. The molecule has 0 heterocycles. The number of nitrogens with one attached hydrogen (secondary N) is 2. The molecule has 1 rings (SSSR count). The smallest absolute Gasteiger partial charge is 0.240 e. The number of hydrogen-bond acceptors (Lipinski definition) is 3. The summed E-state index contributed by atoms with van der Waals surface area (Å²) in [7, 11) is -3.36. The molecule has 1 aromatic rings. The van der Waals surface area contributed by atoms with E-state index >= 15 is 0 Å². The van der Waals surface area contributed by atoms with Crippen molar-refractivity contribution in [3.8, 4) is 0 Å². The summed E-state index contributed by atoms with van der Waals surface area (Å²) in [5, 5.41) is 3.35. The van der Waals surface area contributed by atoms with Crippen molar-refractivity contribution in [3.63, 3.8) is 0 Å². The standard InChI is InChI=1S/C16H28N2O2S/c1-4-5-6-12-18-21(19,20)16-9-7-15(8-10-16)11-13-17-14(2)3/h7-10,14,17-18H,4-6,11-13H2,1-3H3. The van der Waals surface area contributed by atoms with E-state index in [9.17, 15) is 8.42 Å². The van der Waals surface area contributed by atoms with Crippen LogP contribution in [-0.4, -0.2) is 27.5 Å². The maximum Gasteiger partial charge on any atom is 0.240 e. The van der Waals surface area contributed by atoms with Gasteiger partial charge in [0.1, 0.15) is 0 Å². The molecule has 1 aromatic carbocycles. The highest BCUT2D eigenvalue weighted by Crippen LogP contribution is 2.11. The average molecular weight is 312 g/mol. The molecule has 0 amide bonds. The molecule has 0 aliphatic rings. The van der Waals surface area contributed by atoms with Gasteiger partial charge in [-0.25, -0.2) is 13.1 Å². The maximum atomic E-state index is 12.1. The minimum atomic E-state index is -3.36.